The molecule has 0 bridgehead atoms. The molecule has 0 aliphatic heterocycles. The van der Waals surface area contributed by atoms with E-state index in [0.717, 1.165) is 22.7 Å². The van der Waals surface area contributed by atoms with Crippen molar-refractivity contribution in [1.29, 1.82) is 0 Å². The van der Waals surface area contributed by atoms with Gasteiger partial charge in [-0.2, -0.15) is 0 Å². The fourth-order valence-electron chi connectivity index (χ4n) is 1.37. The molecule has 18 heavy (non-hydrogen) atoms. The van der Waals surface area contributed by atoms with Gasteiger partial charge in [-0.15, -0.1) is 0 Å². The first kappa shape index (κ1) is 18.0. The Morgan fingerprint density at radius 2 is 1.78 bits per heavy atom. The average molecular weight is 342 g/mol. The van der Waals surface area contributed by atoms with Gasteiger partial charge in [0, 0.05) is 30.0 Å². The number of alkyl halides is 1. The van der Waals surface area contributed by atoms with E-state index in [2.05, 4.69) is 15.9 Å². The maximum atomic E-state index is 12.4. The summed E-state index contributed by atoms with van der Waals surface area (Å²) in [5.74, 6) is -0.344. The number of nitrogens with zero attached hydrogens (tertiary/aromatic N) is 1. The lowest BCUT2D eigenvalue weighted by Crippen LogP contribution is -2.49. The zero-order chi connectivity index (χ0) is 14.0. The highest BCUT2D eigenvalue weighted by Crippen LogP contribution is 2.25. The van der Waals surface area contributed by atoms with Gasteiger partial charge in [0.05, 0.1) is 6.61 Å². The fraction of sp³-hybridized carbons (Fsp3) is 0.909. The highest BCUT2D eigenvalue weighted by atomic mass is 79.9. The van der Waals surface area contributed by atoms with Gasteiger partial charge < -0.3 is 9.47 Å². The van der Waals surface area contributed by atoms with Crippen molar-refractivity contribution in [3.8, 4) is 0 Å². The quantitative estimate of drug-likeness (QED) is 0.258. The summed E-state index contributed by atoms with van der Waals surface area (Å²) in [4.78, 5) is 17.7. The van der Waals surface area contributed by atoms with E-state index >= 15 is 0 Å². The SMILES string of the molecule is CCON(CCC[SiH3])C(=O)C(Br)(OCC)OCC. The van der Waals surface area contributed by atoms with Crippen LogP contribution in [0.3, 0.4) is 0 Å². The average Bonchev–Trinajstić information content (AvgIpc) is 2.34. The number of rotatable bonds is 10. The molecule has 0 aromatic heterocycles. The van der Waals surface area contributed by atoms with Crippen molar-refractivity contribution in [3.63, 3.8) is 0 Å². The number of carbonyl (C=O) groups is 1. The van der Waals surface area contributed by atoms with E-state index < -0.39 is 4.70 Å². The van der Waals surface area contributed by atoms with Crippen molar-refractivity contribution in [2.45, 2.75) is 37.9 Å². The normalized spacial score (nSPS) is 11.8. The van der Waals surface area contributed by atoms with Gasteiger partial charge in [0.15, 0.2) is 0 Å². The molecular formula is C11H24BrNO4Si. The van der Waals surface area contributed by atoms with Crippen molar-refractivity contribution in [3.05, 3.63) is 0 Å². The van der Waals surface area contributed by atoms with Crippen LogP contribution in [0.25, 0.3) is 0 Å². The minimum Gasteiger partial charge on any atom is -0.334 e. The lowest BCUT2D eigenvalue weighted by atomic mass is 10.4. The molecule has 0 radical (unpaired) electrons. The molecule has 0 aliphatic rings. The Hall–Kier alpha value is 0.0469. The van der Waals surface area contributed by atoms with E-state index in [1.165, 1.54) is 5.06 Å². The molecule has 7 heteroatoms. The summed E-state index contributed by atoms with van der Waals surface area (Å²) >= 11 is 3.23. The van der Waals surface area contributed by atoms with Crippen molar-refractivity contribution < 1.29 is 19.1 Å². The van der Waals surface area contributed by atoms with E-state index in [9.17, 15) is 4.79 Å². The van der Waals surface area contributed by atoms with Crippen LogP contribution in [0.5, 0.6) is 0 Å². The Morgan fingerprint density at radius 3 is 2.17 bits per heavy atom. The van der Waals surface area contributed by atoms with Crippen LogP contribution in [-0.2, 0) is 19.1 Å². The highest BCUT2D eigenvalue weighted by Gasteiger charge is 2.41. The number of amides is 1. The van der Waals surface area contributed by atoms with Crippen LogP contribution in [0.15, 0.2) is 0 Å². The number of carbonyl (C=O) groups excluding carboxylic acids is 1. The van der Waals surface area contributed by atoms with Gasteiger partial charge in [0.1, 0.15) is 0 Å². The van der Waals surface area contributed by atoms with E-state index in [4.69, 9.17) is 14.3 Å². The van der Waals surface area contributed by atoms with Crippen LogP contribution in [0.1, 0.15) is 27.2 Å². The number of ether oxygens (including phenoxy) is 2. The van der Waals surface area contributed by atoms with Crippen LogP contribution in [-0.4, -0.2) is 52.3 Å². The first-order valence-corrected chi connectivity index (χ1v) is 8.68. The summed E-state index contributed by atoms with van der Waals surface area (Å²) in [5, 5.41) is 1.33. The Morgan fingerprint density at radius 1 is 1.22 bits per heavy atom. The predicted octanol–water partition coefficient (Wildman–Crippen LogP) is 1.06. The summed E-state index contributed by atoms with van der Waals surface area (Å²) < 4.78 is 9.31. The minimum atomic E-state index is -1.43. The molecule has 0 heterocycles. The van der Waals surface area contributed by atoms with Gasteiger partial charge >= 0.3 is 10.6 Å². The molecule has 0 aliphatic carbocycles. The summed E-state index contributed by atoms with van der Waals surface area (Å²) in [6, 6.07) is 1.12. The minimum absolute atomic E-state index is 0.344. The molecule has 0 spiro atoms. The number of halogens is 1. The topological polar surface area (TPSA) is 48.0 Å². The molecule has 0 saturated heterocycles. The zero-order valence-corrected chi connectivity index (χ0v) is 15.3. The van der Waals surface area contributed by atoms with Crippen LogP contribution in [0.2, 0.25) is 6.04 Å². The Balaban J connectivity index is 4.75. The van der Waals surface area contributed by atoms with E-state index in [0.29, 0.717) is 26.4 Å². The summed E-state index contributed by atoms with van der Waals surface area (Å²) in [6.45, 7) is 7.21. The lowest BCUT2D eigenvalue weighted by Gasteiger charge is -2.31. The first-order chi connectivity index (χ1) is 8.55. The molecule has 0 saturated carbocycles. The Labute approximate surface area is 121 Å². The largest absolute Gasteiger partial charge is 0.334 e. The molecule has 0 N–H and O–H groups in total. The first-order valence-electron chi connectivity index (χ1n) is 6.47. The third-order valence-electron chi connectivity index (χ3n) is 2.14. The van der Waals surface area contributed by atoms with Crippen LogP contribution in [0, 0.1) is 0 Å². The molecular weight excluding hydrogens is 318 g/mol. The molecule has 0 fully saturated rings. The molecule has 0 aromatic rings. The molecule has 0 aromatic carbocycles. The fourth-order valence-corrected chi connectivity index (χ4v) is 2.34. The maximum absolute atomic E-state index is 12.4. The molecule has 5 nitrogen and oxygen atoms in total. The summed E-state index contributed by atoms with van der Waals surface area (Å²) in [5.41, 5.74) is 0. The zero-order valence-electron chi connectivity index (χ0n) is 11.7. The standard InChI is InChI=1S/C11H24BrNO4Si/c1-4-15-11(12,16-5-2)10(14)13(17-6-3)8-7-9-18/h4-9H2,1-3,18H3. The lowest BCUT2D eigenvalue weighted by molar-refractivity contribution is -0.229. The molecule has 0 atom stereocenters. The third-order valence-corrected chi connectivity index (χ3v) is 3.65. The molecule has 0 unspecified atom stereocenters. The monoisotopic (exact) mass is 341 g/mol. The summed E-state index contributed by atoms with van der Waals surface area (Å²) in [7, 11) is 1.12. The number of hydroxylamine groups is 2. The van der Waals surface area contributed by atoms with Crippen molar-refractivity contribution >= 4 is 32.1 Å². The van der Waals surface area contributed by atoms with Gasteiger partial charge in [0.25, 0.3) is 0 Å². The van der Waals surface area contributed by atoms with Gasteiger partial charge in [-0.05, 0) is 43.1 Å². The maximum Gasteiger partial charge on any atom is 0.318 e. The Kier molecular flexibility index (Phi) is 9.94. The van der Waals surface area contributed by atoms with Crippen LogP contribution in [0.4, 0.5) is 0 Å². The highest BCUT2D eigenvalue weighted by molar-refractivity contribution is 9.10. The summed E-state index contributed by atoms with van der Waals surface area (Å²) in [6.07, 6.45) is 0.930. The smallest absolute Gasteiger partial charge is 0.318 e. The van der Waals surface area contributed by atoms with Crippen LogP contribution < -0.4 is 0 Å². The van der Waals surface area contributed by atoms with E-state index in [1.54, 1.807) is 0 Å². The van der Waals surface area contributed by atoms with Crippen molar-refractivity contribution in [1.82, 2.24) is 5.06 Å². The van der Waals surface area contributed by atoms with E-state index in [-0.39, 0.29) is 5.91 Å². The molecule has 108 valence electrons. The molecule has 1 amide bonds. The van der Waals surface area contributed by atoms with Gasteiger partial charge in [-0.3, -0.25) is 9.63 Å². The second-order valence-corrected chi connectivity index (χ2v) is 5.62. The number of hydrogen-bond donors (Lipinski definition) is 0. The van der Waals surface area contributed by atoms with Crippen molar-refractivity contribution in [2.75, 3.05) is 26.4 Å². The predicted molar refractivity (Wildman–Crippen MR) is 77.6 cm³/mol. The van der Waals surface area contributed by atoms with Crippen LogP contribution >= 0.6 is 15.9 Å². The van der Waals surface area contributed by atoms with E-state index in [1.807, 2.05) is 20.8 Å². The van der Waals surface area contributed by atoms with Gasteiger partial charge in [-0.25, -0.2) is 5.06 Å². The Bertz CT molecular complexity index is 237. The number of hydrogen-bond acceptors (Lipinski definition) is 4. The van der Waals surface area contributed by atoms with Gasteiger partial charge in [0.2, 0.25) is 0 Å². The molecule has 0 rings (SSSR count). The van der Waals surface area contributed by atoms with Gasteiger partial charge in [-0.1, -0.05) is 6.04 Å². The second kappa shape index (κ2) is 9.91. The third kappa shape index (κ3) is 5.79. The second-order valence-electron chi connectivity index (χ2n) is 3.58. The van der Waals surface area contributed by atoms with Crippen molar-refractivity contribution in [2.24, 2.45) is 0 Å².